The maximum absolute atomic E-state index is 10.7. The van der Waals surface area contributed by atoms with Crippen LogP contribution >= 0.6 is 23.2 Å². The van der Waals surface area contributed by atoms with Gasteiger partial charge in [0.2, 0.25) is 0 Å². The summed E-state index contributed by atoms with van der Waals surface area (Å²) < 4.78 is 0. The standard InChI is InChI=1S/C12H15Cl2NO2/c1-8(12(16)17)6-15(2)7-9-4-3-5-10(13)11(9)14/h3-5,8H,6-7H2,1-2H3,(H,16,17). The number of hydrogen-bond donors (Lipinski definition) is 1. The number of hydrogen-bond acceptors (Lipinski definition) is 2. The maximum Gasteiger partial charge on any atom is 0.307 e. The van der Waals surface area contributed by atoms with Gasteiger partial charge < -0.3 is 10.0 Å². The van der Waals surface area contributed by atoms with E-state index in [1.54, 1.807) is 13.0 Å². The minimum absolute atomic E-state index is 0.405. The molecule has 1 aromatic rings. The largest absolute Gasteiger partial charge is 0.481 e. The fourth-order valence-corrected chi connectivity index (χ4v) is 1.95. The molecule has 0 heterocycles. The van der Waals surface area contributed by atoms with Crippen molar-refractivity contribution in [1.29, 1.82) is 0 Å². The smallest absolute Gasteiger partial charge is 0.307 e. The van der Waals surface area contributed by atoms with Crippen molar-refractivity contribution in [3.63, 3.8) is 0 Å². The van der Waals surface area contributed by atoms with Crippen LogP contribution in [0.2, 0.25) is 10.0 Å². The highest BCUT2D eigenvalue weighted by Crippen LogP contribution is 2.26. The molecular formula is C12H15Cl2NO2. The van der Waals surface area contributed by atoms with Crippen molar-refractivity contribution in [2.75, 3.05) is 13.6 Å². The van der Waals surface area contributed by atoms with Crippen LogP contribution in [0, 0.1) is 5.92 Å². The Kier molecular flexibility index (Phi) is 5.25. The summed E-state index contributed by atoms with van der Waals surface area (Å²) in [5, 5.41) is 9.87. The lowest BCUT2D eigenvalue weighted by Crippen LogP contribution is -2.28. The van der Waals surface area contributed by atoms with E-state index in [1.165, 1.54) is 0 Å². The molecule has 1 aromatic carbocycles. The Hall–Kier alpha value is -0.770. The van der Waals surface area contributed by atoms with Crippen LogP contribution in [0.5, 0.6) is 0 Å². The minimum atomic E-state index is -0.797. The van der Waals surface area contributed by atoms with Gasteiger partial charge in [0.25, 0.3) is 0 Å². The molecule has 0 aliphatic carbocycles. The van der Waals surface area contributed by atoms with E-state index in [-0.39, 0.29) is 0 Å². The van der Waals surface area contributed by atoms with Crippen molar-refractivity contribution < 1.29 is 9.90 Å². The minimum Gasteiger partial charge on any atom is -0.481 e. The lowest BCUT2D eigenvalue weighted by Gasteiger charge is -2.19. The third kappa shape index (κ3) is 4.19. The number of halogens is 2. The van der Waals surface area contributed by atoms with E-state index < -0.39 is 11.9 Å². The van der Waals surface area contributed by atoms with Crippen LogP contribution in [0.4, 0.5) is 0 Å². The summed E-state index contributed by atoms with van der Waals surface area (Å²) in [5.74, 6) is -1.20. The number of carboxylic acid groups (broad SMARTS) is 1. The molecule has 0 spiro atoms. The van der Waals surface area contributed by atoms with Gasteiger partial charge in [0.1, 0.15) is 0 Å². The van der Waals surface area contributed by atoms with Gasteiger partial charge in [0.05, 0.1) is 16.0 Å². The van der Waals surface area contributed by atoms with Gasteiger partial charge in [0.15, 0.2) is 0 Å². The summed E-state index contributed by atoms with van der Waals surface area (Å²) in [4.78, 5) is 12.6. The lowest BCUT2D eigenvalue weighted by molar-refractivity contribution is -0.141. The molecule has 0 aromatic heterocycles. The zero-order valence-electron chi connectivity index (χ0n) is 9.78. The third-order valence-corrected chi connectivity index (χ3v) is 3.34. The summed E-state index contributed by atoms with van der Waals surface area (Å²) in [6, 6.07) is 5.45. The van der Waals surface area contributed by atoms with Gasteiger partial charge in [-0.3, -0.25) is 4.79 Å². The van der Waals surface area contributed by atoms with E-state index in [9.17, 15) is 4.79 Å². The van der Waals surface area contributed by atoms with Gasteiger partial charge in [-0.25, -0.2) is 0 Å². The molecule has 0 fully saturated rings. The fourth-order valence-electron chi connectivity index (χ4n) is 1.57. The zero-order valence-corrected chi connectivity index (χ0v) is 11.3. The van der Waals surface area contributed by atoms with Gasteiger partial charge in [0, 0.05) is 13.1 Å². The second-order valence-electron chi connectivity index (χ2n) is 4.15. The predicted octanol–water partition coefficient (Wildman–Crippen LogP) is 3.15. The number of carboxylic acids is 1. The Bertz CT molecular complexity index is 409. The molecule has 1 unspecified atom stereocenters. The first-order valence-corrected chi connectivity index (χ1v) is 6.01. The Morgan fingerprint density at radius 1 is 1.47 bits per heavy atom. The first-order valence-electron chi connectivity index (χ1n) is 5.26. The molecular weight excluding hydrogens is 261 g/mol. The first kappa shape index (κ1) is 14.3. The fraction of sp³-hybridized carbons (Fsp3) is 0.417. The molecule has 94 valence electrons. The summed E-state index contributed by atoms with van der Waals surface area (Å²) in [6.07, 6.45) is 0. The van der Waals surface area contributed by atoms with Crippen LogP contribution in [0.25, 0.3) is 0 Å². The number of benzene rings is 1. The van der Waals surface area contributed by atoms with Crippen LogP contribution in [-0.2, 0) is 11.3 Å². The molecule has 0 bridgehead atoms. The Morgan fingerprint density at radius 2 is 2.12 bits per heavy atom. The van der Waals surface area contributed by atoms with E-state index in [2.05, 4.69) is 0 Å². The monoisotopic (exact) mass is 275 g/mol. The first-order chi connectivity index (χ1) is 7.91. The predicted molar refractivity (Wildman–Crippen MR) is 69.6 cm³/mol. The maximum atomic E-state index is 10.7. The Labute approximate surface area is 111 Å². The molecule has 5 heteroatoms. The van der Waals surface area contributed by atoms with Crippen molar-refractivity contribution in [2.45, 2.75) is 13.5 Å². The van der Waals surface area contributed by atoms with E-state index >= 15 is 0 Å². The quantitative estimate of drug-likeness (QED) is 0.898. The van der Waals surface area contributed by atoms with Crippen molar-refractivity contribution in [1.82, 2.24) is 4.90 Å². The molecule has 0 aliphatic heterocycles. The van der Waals surface area contributed by atoms with Crippen LogP contribution < -0.4 is 0 Å². The zero-order chi connectivity index (χ0) is 13.0. The molecule has 0 amide bonds. The molecule has 0 saturated heterocycles. The van der Waals surface area contributed by atoms with Gasteiger partial charge in [-0.05, 0) is 18.7 Å². The average Bonchev–Trinajstić information content (AvgIpc) is 2.24. The summed E-state index contributed by atoms with van der Waals surface area (Å²) >= 11 is 12.0. The van der Waals surface area contributed by atoms with Crippen LogP contribution in [0.1, 0.15) is 12.5 Å². The van der Waals surface area contributed by atoms with Crippen molar-refractivity contribution in [2.24, 2.45) is 5.92 Å². The number of aliphatic carboxylic acids is 1. The van der Waals surface area contributed by atoms with E-state index in [0.717, 1.165) is 5.56 Å². The highest BCUT2D eigenvalue weighted by molar-refractivity contribution is 6.42. The molecule has 1 rings (SSSR count). The molecule has 1 N–H and O–H groups in total. The highest BCUT2D eigenvalue weighted by atomic mass is 35.5. The van der Waals surface area contributed by atoms with E-state index in [0.29, 0.717) is 23.1 Å². The summed E-state index contributed by atoms with van der Waals surface area (Å²) in [5.41, 5.74) is 0.902. The molecule has 3 nitrogen and oxygen atoms in total. The molecule has 1 atom stereocenters. The number of nitrogens with zero attached hydrogens (tertiary/aromatic N) is 1. The second-order valence-corrected chi connectivity index (χ2v) is 4.93. The topological polar surface area (TPSA) is 40.5 Å². The summed E-state index contributed by atoms with van der Waals surface area (Å²) in [6.45, 7) is 2.73. The summed E-state index contributed by atoms with van der Waals surface area (Å²) in [7, 11) is 1.86. The average molecular weight is 276 g/mol. The van der Waals surface area contributed by atoms with Crippen LogP contribution in [0.15, 0.2) is 18.2 Å². The van der Waals surface area contributed by atoms with E-state index in [1.807, 2.05) is 24.1 Å². The number of rotatable bonds is 5. The molecule has 0 aliphatic rings. The lowest BCUT2D eigenvalue weighted by atomic mass is 10.1. The molecule has 0 radical (unpaired) electrons. The third-order valence-electron chi connectivity index (χ3n) is 2.48. The van der Waals surface area contributed by atoms with Crippen molar-refractivity contribution in [3.05, 3.63) is 33.8 Å². The van der Waals surface area contributed by atoms with Crippen LogP contribution in [0.3, 0.4) is 0 Å². The van der Waals surface area contributed by atoms with Crippen LogP contribution in [-0.4, -0.2) is 29.6 Å². The SMILES string of the molecule is CC(CN(C)Cc1cccc(Cl)c1Cl)C(=O)O. The highest BCUT2D eigenvalue weighted by Gasteiger charge is 2.14. The van der Waals surface area contributed by atoms with Crippen molar-refractivity contribution in [3.8, 4) is 0 Å². The molecule has 0 saturated carbocycles. The van der Waals surface area contributed by atoms with Crippen molar-refractivity contribution >= 4 is 29.2 Å². The normalized spacial score (nSPS) is 12.8. The van der Waals surface area contributed by atoms with Gasteiger partial charge in [-0.2, -0.15) is 0 Å². The Morgan fingerprint density at radius 3 is 2.71 bits per heavy atom. The van der Waals surface area contributed by atoms with Gasteiger partial charge >= 0.3 is 5.97 Å². The van der Waals surface area contributed by atoms with Gasteiger partial charge in [-0.1, -0.05) is 42.3 Å². The molecule has 17 heavy (non-hydrogen) atoms. The second kappa shape index (κ2) is 6.24. The van der Waals surface area contributed by atoms with Gasteiger partial charge in [-0.15, -0.1) is 0 Å². The Balaban J connectivity index is 2.65. The van der Waals surface area contributed by atoms with E-state index in [4.69, 9.17) is 28.3 Å². The number of carbonyl (C=O) groups is 1.